The van der Waals surface area contributed by atoms with Crippen LogP contribution in [0.1, 0.15) is 62.4 Å². The molecule has 0 unspecified atom stereocenters. The molecule has 8 nitrogen and oxygen atoms in total. The van der Waals surface area contributed by atoms with Gasteiger partial charge < -0.3 is 9.47 Å². The Bertz CT molecular complexity index is 1130. The number of carbonyl (C=O) groups excluding carboxylic acids is 2. The van der Waals surface area contributed by atoms with Gasteiger partial charge in [0, 0.05) is 25.2 Å². The molecule has 2 aromatic rings. The fraction of sp³-hybridized carbons (Fsp3) is 0.462. The van der Waals surface area contributed by atoms with Crippen molar-refractivity contribution in [1.29, 1.82) is 0 Å². The number of nitrogens with one attached hydrogen (secondary N) is 1. The molecule has 0 radical (unpaired) electrons. The number of sulfone groups is 1. The maximum Gasteiger partial charge on any atom is 0.265 e. The zero-order valence-electron chi connectivity index (χ0n) is 20.4. The molecule has 1 fully saturated rings. The van der Waals surface area contributed by atoms with E-state index in [1.807, 2.05) is 24.3 Å². The molecule has 190 valence electrons. The van der Waals surface area contributed by atoms with Crippen LogP contribution >= 0.6 is 0 Å². The molecule has 0 aliphatic carbocycles. The highest BCUT2D eigenvalue weighted by atomic mass is 32.2. The molecular formula is C26H33NO7S. The Morgan fingerprint density at radius 2 is 1.63 bits per heavy atom. The highest BCUT2D eigenvalue weighted by Gasteiger charge is 2.52. The van der Waals surface area contributed by atoms with Crippen LogP contribution in [0.2, 0.25) is 0 Å². The zero-order chi connectivity index (χ0) is 25.7. The first-order chi connectivity index (χ1) is 16.5. The largest absolute Gasteiger partial charge is 0.494 e. The fourth-order valence-corrected chi connectivity index (χ4v) is 6.02. The second-order valence-corrected chi connectivity index (χ2v) is 12.0. The highest BCUT2D eigenvalue weighted by molar-refractivity contribution is 7.93. The van der Waals surface area contributed by atoms with Gasteiger partial charge in [-0.1, -0.05) is 45.0 Å². The van der Waals surface area contributed by atoms with E-state index in [1.54, 1.807) is 0 Å². The number of hydrogen-bond acceptors (Lipinski definition) is 7. The Labute approximate surface area is 206 Å². The lowest BCUT2D eigenvalue weighted by Gasteiger charge is -2.34. The molecule has 0 saturated carbocycles. The maximum atomic E-state index is 13.3. The van der Waals surface area contributed by atoms with Gasteiger partial charge in [0.1, 0.15) is 5.75 Å². The molecular weight excluding hydrogens is 470 g/mol. The molecule has 9 heteroatoms. The first-order valence-electron chi connectivity index (χ1n) is 11.6. The number of Topliss-reactive ketones (excluding diaryl/α,β-unsaturated/α-hetero) is 1. The third-order valence-electron chi connectivity index (χ3n) is 6.35. The summed E-state index contributed by atoms with van der Waals surface area (Å²) in [6.07, 6.45) is 0.752. The lowest BCUT2D eigenvalue weighted by atomic mass is 9.86. The van der Waals surface area contributed by atoms with Crippen LogP contribution in [-0.2, 0) is 24.8 Å². The summed E-state index contributed by atoms with van der Waals surface area (Å²) in [4.78, 5) is 24.7. The maximum absolute atomic E-state index is 13.3. The molecule has 1 aliphatic rings. The third-order valence-corrected chi connectivity index (χ3v) is 8.87. The summed E-state index contributed by atoms with van der Waals surface area (Å²) in [6.45, 7) is 6.88. The summed E-state index contributed by atoms with van der Waals surface area (Å²) in [5.41, 5.74) is 3.37. The normalized spacial score (nSPS) is 15.9. The van der Waals surface area contributed by atoms with Gasteiger partial charge in [-0.25, -0.2) is 13.9 Å². The van der Waals surface area contributed by atoms with Crippen LogP contribution in [0.3, 0.4) is 0 Å². The molecule has 0 atom stereocenters. The van der Waals surface area contributed by atoms with Crippen molar-refractivity contribution in [3.63, 3.8) is 0 Å². The van der Waals surface area contributed by atoms with Gasteiger partial charge in [-0.05, 0) is 54.5 Å². The van der Waals surface area contributed by atoms with E-state index in [1.165, 1.54) is 35.3 Å². The van der Waals surface area contributed by atoms with Crippen molar-refractivity contribution in [2.75, 3.05) is 19.8 Å². The fourth-order valence-electron chi connectivity index (χ4n) is 4.08. The summed E-state index contributed by atoms with van der Waals surface area (Å²) >= 11 is 0. The van der Waals surface area contributed by atoms with E-state index < -0.39 is 20.5 Å². The molecule has 0 bridgehead atoms. The van der Waals surface area contributed by atoms with Gasteiger partial charge in [-0.15, -0.1) is 0 Å². The molecule has 0 aromatic heterocycles. The summed E-state index contributed by atoms with van der Waals surface area (Å²) in [5, 5.41) is 9.13. The summed E-state index contributed by atoms with van der Waals surface area (Å²) in [6, 6.07) is 13.5. The van der Waals surface area contributed by atoms with Crippen LogP contribution < -0.4 is 10.2 Å². The molecule has 2 aromatic carbocycles. The Morgan fingerprint density at radius 1 is 1.03 bits per heavy atom. The molecule has 35 heavy (non-hydrogen) atoms. The molecule has 2 N–H and O–H groups in total. The summed E-state index contributed by atoms with van der Waals surface area (Å²) < 4.78 is 35.6. The topological polar surface area (TPSA) is 119 Å². The minimum atomic E-state index is -4.08. The first-order valence-corrected chi connectivity index (χ1v) is 13.1. The Morgan fingerprint density at radius 3 is 2.17 bits per heavy atom. The minimum absolute atomic E-state index is 0.0287. The van der Waals surface area contributed by atoms with Gasteiger partial charge in [0.15, 0.2) is 20.4 Å². The number of rotatable bonds is 9. The predicted molar refractivity (Wildman–Crippen MR) is 131 cm³/mol. The van der Waals surface area contributed by atoms with E-state index in [-0.39, 0.29) is 42.1 Å². The minimum Gasteiger partial charge on any atom is -0.494 e. The smallest absolute Gasteiger partial charge is 0.265 e. The number of carbonyl (C=O) groups is 2. The molecule has 1 amide bonds. The van der Waals surface area contributed by atoms with Gasteiger partial charge in [0.2, 0.25) is 0 Å². The van der Waals surface area contributed by atoms with Gasteiger partial charge in [0.25, 0.3) is 5.91 Å². The van der Waals surface area contributed by atoms with Crippen molar-refractivity contribution in [3.05, 3.63) is 59.7 Å². The monoisotopic (exact) mass is 503 g/mol. The van der Waals surface area contributed by atoms with Crippen LogP contribution in [0, 0.1) is 0 Å². The van der Waals surface area contributed by atoms with Crippen LogP contribution in [0.15, 0.2) is 53.4 Å². The van der Waals surface area contributed by atoms with Crippen molar-refractivity contribution >= 4 is 21.5 Å². The number of hydroxylamine groups is 1. The average molecular weight is 504 g/mol. The van der Waals surface area contributed by atoms with E-state index in [2.05, 4.69) is 20.8 Å². The van der Waals surface area contributed by atoms with Crippen LogP contribution in [0.4, 0.5) is 0 Å². The number of ketones is 1. The van der Waals surface area contributed by atoms with E-state index in [4.69, 9.17) is 14.7 Å². The van der Waals surface area contributed by atoms with Crippen LogP contribution in [0.5, 0.6) is 5.75 Å². The van der Waals surface area contributed by atoms with Gasteiger partial charge in [-0.2, -0.15) is 0 Å². The quantitative estimate of drug-likeness (QED) is 0.231. The first kappa shape index (κ1) is 26.8. The Hall–Kier alpha value is -2.75. The number of benzene rings is 2. The molecule has 1 saturated heterocycles. The number of hydrogen-bond donors (Lipinski definition) is 2. The highest BCUT2D eigenvalue weighted by Crippen LogP contribution is 2.35. The van der Waals surface area contributed by atoms with E-state index in [0.29, 0.717) is 30.8 Å². The number of ether oxygens (including phenoxy) is 2. The SMILES string of the molecule is CC(C)(C)c1ccc(C(=O)CCCOc2ccc(S(=O)(=O)C3(C(=O)NO)CCOCC3)cc2)cc1. The second kappa shape index (κ2) is 10.9. The molecule has 3 rings (SSSR count). The van der Waals surface area contributed by atoms with E-state index in [0.717, 1.165) is 0 Å². The van der Waals surface area contributed by atoms with Crippen molar-refractivity contribution in [1.82, 2.24) is 5.48 Å². The zero-order valence-corrected chi connectivity index (χ0v) is 21.2. The lowest BCUT2D eigenvalue weighted by molar-refractivity contribution is -0.134. The number of amides is 1. The van der Waals surface area contributed by atoms with Crippen molar-refractivity contribution in [2.45, 2.75) is 61.5 Å². The molecule has 1 heterocycles. The van der Waals surface area contributed by atoms with Crippen molar-refractivity contribution < 1.29 is 32.7 Å². The summed E-state index contributed by atoms with van der Waals surface area (Å²) in [7, 11) is -4.08. The summed E-state index contributed by atoms with van der Waals surface area (Å²) in [5.74, 6) is -0.461. The third kappa shape index (κ3) is 5.91. The van der Waals surface area contributed by atoms with Crippen LogP contribution in [0.25, 0.3) is 0 Å². The standard InChI is InChI=1S/C26H33NO7S/c1-25(2,3)20-8-6-19(7-9-20)23(28)5-4-16-34-21-10-12-22(13-11-21)35(31,32)26(24(29)27-30)14-17-33-18-15-26/h6-13,30H,4-5,14-18H2,1-3H3,(H,27,29). The van der Waals surface area contributed by atoms with Crippen molar-refractivity contribution in [3.8, 4) is 5.75 Å². The second-order valence-electron chi connectivity index (χ2n) is 9.72. The van der Waals surface area contributed by atoms with Crippen LogP contribution in [-0.4, -0.2) is 49.9 Å². The molecule has 0 spiro atoms. The Kier molecular flexibility index (Phi) is 8.35. The van der Waals surface area contributed by atoms with Crippen molar-refractivity contribution in [2.24, 2.45) is 0 Å². The average Bonchev–Trinajstić information content (AvgIpc) is 2.86. The van der Waals surface area contributed by atoms with Gasteiger partial charge in [0.05, 0.1) is 11.5 Å². The lowest BCUT2D eigenvalue weighted by Crippen LogP contribution is -2.54. The molecule has 1 aliphatic heterocycles. The van der Waals surface area contributed by atoms with Gasteiger partial charge >= 0.3 is 0 Å². The van der Waals surface area contributed by atoms with Gasteiger partial charge in [-0.3, -0.25) is 14.8 Å². The predicted octanol–water partition coefficient (Wildman–Crippen LogP) is 3.85. The Balaban J connectivity index is 1.57. The van der Waals surface area contributed by atoms with E-state index in [9.17, 15) is 18.0 Å². The van der Waals surface area contributed by atoms with E-state index >= 15 is 0 Å².